The van der Waals surface area contributed by atoms with Gasteiger partial charge in [-0.1, -0.05) is 36.2 Å². The van der Waals surface area contributed by atoms with Crippen LogP contribution in [0.25, 0.3) is 0 Å². The van der Waals surface area contributed by atoms with Crippen molar-refractivity contribution < 1.29 is 12.9 Å². The van der Waals surface area contributed by atoms with Crippen molar-refractivity contribution in [2.24, 2.45) is 5.92 Å². The summed E-state index contributed by atoms with van der Waals surface area (Å²) in [5.41, 5.74) is 0.912. The van der Waals surface area contributed by atoms with Crippen LogP contribution in [0.3, 0.4) is 0 Å². The van der Waals surface area contributed by atoms with E-state index in [2.05, 4.69) is 10.1 Å². The monoisotopic (exact) mass is 417 g/mol. The predicted molar refractivity (Wildman–Crippen MR) is 112 cm³/mol. The summed E-state index contributed by atoms with van der Waals surface area (Å²) in [4.78, 5) is 2.81. The second kappa shape index (κ2) is 8.98. The third kappa shape index (κ3) is 4.73. The van der Waals surface area contributed by atoms with Crippen molar-refractivity contribution in [3.8, 4) is 0 Å². The normalized spacial score (nSPS) is 23.1. The Morgan fingerprint density at radius 2 is 1.79 bits per heavy atom. The van der Waals surface area contributed by atoms with Crippen LogP contribution in [0.15, 0.2) is 45.8 Å². The summed E-state index contributed by atoms with van der Waals surface area (Å²) < 4.78 is 34.0. The fourth-order valence-corrected chi connectivity index (χ4v) is 6.59. The molecule has 0 N–H and O–H groups in total. The standard InChI is InChI=1S/C22H31N3O3S/c1-18-16-20(28-23-18)17-24-14-11-19(12-15-24)22-10-6-3-7-13-25(22)29(26,27)21-8-4-2-5-9-21/h2,4-5,8-9,16,19,22H,3,6-7,10-15,17H2,1H3/t22-/m1/s1. The van der Waals surface area contributed by atoms with Gasteiger partial charge < -0.3 is 4.52 Å². The lowest BCUT2D eigenvalue weighted by Gasteiger charge is -2.39. The maximum Gasteiger partial charge on any atom is 0.243 e. The molecule has 1 atom stereocenters. The van der Waals surface area contributed by atoms with E-state index in [0.717, 1.165) is 69.6 Å². The number of aromatic nitrogens is 1. The molecular weight excluding hydrogens is 386 g/mol. The molecule has 2 aliphatic heterocycles. The Labute approximate surface area is 173 Å². The van der Waals surface area contributed by atoms with Gasteiger partial charge >= 0.3 is 0 Å². The van der Waals surface area contributed by atoms with Crippen molar-refractivity contribution in [3.63, 3.8) is 0 Å². The smallest absolute Gasteiger partial charge is 0.243 e. The molecule has 0 aliphatic carbocycles. The van der Waals surface area contributed by atoms with Gasteiger partial charge in [0, 0.05) is 18.7 Å². The maximum atomic E-state index is 13.4. The van der Waals surface area contributed by atoms with Crippen LogP contribution < -0.4 is 0 Å². The molecule has 2 fully saturated rings. The summed E-state index contributed by atoms with van der Waals surface area (Å²) in [7, 11) is -3.45. The zero-order valence-corrected chi connectivity index (χ0v) is 18.0. The minimum atomic E-state index is -3.45. The topological polar surface area (TPSA) is 66.7 Å². The van der Waals surface area contributed by atoms with Gasteiger partial charge in [-0.3, -0.25) is 4.90 Å². The van der Waals surface area contributed by atoms with E-state index in [1.54, 1.807) is 12.1 Å². The van der Waals surface area contributed by atoms with Crippen molar-refractivity contribution in [1.29, 1.82) is 0 Å². The Kier molecular flexibility index (Phi) is 6.37. The van der Waals surface area contributed by atoms with E-state index in [-0.39, 0.29) is 6.04 Å². The Morgan fingerprint density at radius 1 is 1.03 bits per heavy atom. The largest absolute Gasteiger partial charge is 0.360 e. The summed E-state index contributed by atoms with van der Waals surface area (Å²) >= 11 is 0. The van der Waals surface area contributed by atoms with Crippen LogP contribution in [0.1, 0.15) is 50.0 Å². The zero-order valence-electron chi connectivity index (χ0n) is 17.2. The number of benzene rings is 1. The number of likely N-dealkylation sites (tertiary alicyclic amines) is 1. The highest BCUT2D eigenvalue weighted by atomic mass is 32.2. The summed E-state index contributed by atoms with van der Waals surface area (Å²) in [6.07, 6.45) is 6.20. The molecule has 0 unspecified atom stereocenters. The number of hydrogen-bond acceptors (Lipinski definition) is 5. The summed E-state index contributed by atoms with van der Waals surface area (Å²) in [6.45, 7) is 5.30. The van der Waals surface area contributed by atoms with Gasteiger partial charge in [-0.15, -0.1) is 0 Å². The summed E-state index contributed by atoms with van der Waals surface area (Å²) in [5, 5.41) is 3.97. The molecule has 0 amide bonds. The lowest BCUT2D eigenvalue weighted by atomic mass is 9.87. The second-order valence-electron chi connectivity index (χ2n) is 8.39. The first kappa shape index (κ1) is 20.6. The molecule has 4 rings (SSSR count). The second-order valence-corrected chi connectivity index (χ2v) is 10.3. The molecule has 0 bridgehead atoms. The Bertz CT molecular complexity index is 889. The minimum Gasteiger partial charge on any atom is -0.360 e. The van der Waals surface area contributed by atoms with Crippen LogP contribution >= 0.6 is 0 Å². The van der Waals surface area contributed by atoms with Crippen molar-refractivity contribution >= 4 is 10.0 Å². The first-order chi connectivity index (χ1) is 14.0. The molecule has 1 aromatic carbocycles. The van der Waals surface area contributed by atoms with Crippen LogP contribution in [-0.4, -0.2) is 48.5 Å². The number of nitrogens with zero attached hydrogens (tertiary/aromatic N) is 3. The predicted octanol–water partition coefficient (Wildman–Crippen LogP) is 3.83. The SMILES string of the molecule is Cc1cc(CN2CCC([C@H]3CCCCCN3S(=O)(=O)c3ccccc3)CC2)on1. The molecule has 6 nitrogen and oxygen atoms in total. The van der Waals surface area contributed by atoms with E-state index >= 15 is 0 Å². The molecule has 0 spiro atoms. The molecule has 29 heavy (non-hydrogen) atoms. The van der Waals surface area contributed by atoms with Crippen LogP contribution in [0.2, 0.25) is 0 Å². The van der Waals surface area contributed by atoms with Gasteiger partial charge in [-0.2, -0.15) is 4.31 Å². The lowest BCUT2D eigenvalue weighted by molar-refractivity contribution is 0.116. The third-order valence-electron chi connectivity index (χ3n) is 6.33. The van der Waals surface area contributed by atoms with Gasteiger partial charge in [0.25, 0.3) is 0 Å². The molecule has 7 heteroatoms. The van der Waals surface area contributed by atoms with E-state index in [4.69, 9.17) is 4.52 Å². The quantitative estimate of drug-likeness (QED) is 0.740. The third-order valence-corrected chi connectivity index (χ3v) is 8.27. The van der Waals surface area contributed by atoms with Crippen molar-refractivity contribution in [2.75, 3.05) is 19.6 Å². The molecule has 2 aliphatic rings. The lowest BCUT2D eigenvalue weighted by Crippen LogP contribution is -2.47. The fraction of sp³-hybridized carbons (Fsp3) is 0.591. The van der Waals surface area contributed by atoms with Crippen LogP contribution in [0.4, 0.5) is 0 Å². The minimum absolute atomic E-state index is 0.109. The highest BCUT2D eigenvalue weighted by Gasteiger charge is 2.38. The number of piperidine rings is 1. The number of rotatable bonds is 5. The molecule has 2 aromatic rings. The molecule has 0 radical (unpaired) electrons. The molecule has 158 valence electrons. The maximum absolute atomic E-state index is 13.4. The van der Waals surface area contributed by atoms with Crippen molar-refractivity contribution in [3.05, 3.63) is 47.9 Å². The Morgan fingerprint density at radius 3 is 2.48 bits per heavy atom. The first-order valence-corrected chi connectivity index (χ1v) is 12.2. The fourth-order valence-electron chi connectivity index (χ4n) is 4.81. The molecule has 0 saturated carbocycles. The van der Waals surface area contributed by atoms with Gasteiger partial charge in [0.05, 0.1) is 17.1 Å². The highest BCUT2D eigenvalue weighted by Crippen LogP contribution is 2.33. The average Bonchev–Trinajstić information content (AvgIpc) is 2.99. The van der Waals surface area contributed by atoms with Crippen molar-refractivity contribution in [2.45, 2.75) is 62.9 Å². The van der Waals surface area contributed by atoms with Gasteiger partial charge in [0.15, 0.2) is 5.76 Å². The van der Waals surface area contributed by atoms with Gasteiger partial charge in [-0.25, -0.2) is 8.42 Å². The molecular formula is C22H31N3O3S. The molecule has 2 saturated heterocycles. The zero-order chi connectivity index (χ0) is 20.3. The van der Waals surface area contributed by atoms with E-state index in [1.165, 1.54) is 0 Å². The summed E-state index contributed by atoms with van der Waals surface area (Å²) in [5.74, 6) is 1.32. The van der Waals surface area contributed by atoms with Gasteiger partial charge in [0.1, 0.15) is 0 Å². The van der Waals surface area contributed by atoms with Crippen LogP contribution in [0.5, 0.6) is 0 Å². The van der Waals surface area contributed by atoms with E-state index in [9.17, 15) is 8.42 Å². The Balaban J connectivity index is 1.45. The first-order valence-electron chi connectivity index (χ1n) is 10.8. The highest BCUT2D eigenvalue weighted by molar-refractivity contribution is 7.89. The number of hydrogen-bond donors (Lipinski definition) is 0. The summed E-state index contributed by atoms with van der Waals surface area (Å²) in [6, 6.07) is 11.0. The Hall–Kier alpha value is -1.70. The van der Waals surface area contributed by atoms with E-state index in [0.29, 0.717) is 17.4 Å². The van der Waals surface area contributed by atoms with Gasteiger partial charge in [0.2, 0.25) is 10.0 Å². The van der Waals surface area contributed by atoms with Crippen LogP contribution in [0, 0.1) is 12.8 Å². The van der Waals surface area contributed by atoms with E-state index < -0.39 is 10.0 Å². The molecule has 1 aromatic heterocycles. The average molecular weight is 418 g/mol. The number of aryl methyl sites for hydroxylation is 1. The molecule has 3 heterocycles. The van der Waals surface area contributed by atoms with Gasteiger partial charge in [-0.05, 0) is 63.7 Å². The van der Waals surface area contributed by atoms with Crippen molar-refractivity contribution in [1.82, 2.24) is 14.4 Å². The van der Waals surface area contributed by atoms with E-state index in [1.807, 2.05) is 35.5 Å². The van der Waals surface area contributed by atoms with Crippen LogP contribution in [-0.2, 0) is 16.6 Å². The number of sulfonamides is 1.